The molecule has 0 fully saturated rings. The molecule has 9 heteroatoms. The predicted octanol–water partition coefficient (Wildman–Crippen LogP) is 2.39. The zero-order chi connectivity index (χ0) is 20.6. The number of amides is 1. The molecule has 4 rings (SSSR count). The van der Waals surface area contributed by atoms with Crippen molar-refractivity contribution in [3.05, 3.63) is 65.0 Å². The van der Waals surface area contributed by atoms with Crippen molar-refractivity contribution < 1.29 is 23.1 Å². The summed E-state index contributed by atoms with van der Waals surface area (Å²) in [4.78, 5) is 18.0. The summed E-state index contributed by atoms with van der Waals surface area (Å²) in [7, 11) is 0. The van der Waals surface area contributed by atoms with Crippen molar-refractivity contribution in [3.8, 4) is 0 Å². The number of benzene rings is 2. The maximum Gasteiger partial charge on any atom is 0.449 e. The second-order valence-corrected chi connectivity index (χ2v) is 7.05. The first-order chi connectivity index (χ1) is 13.8. The van der Waals surface area contributed by atoms with E-state index in [1.54, 1.807) is 0 Å². The Hall–Kier alpha value is -2.91. The predicted molar refractivity (Wildman–Crippen MR) is 100 cm³/mol. The molecule has 2 heterocycles. The summed E-state index contributed by atoms with van der Waals surface area (Å²) in [5.41, 5.74) is 2.77. The number of imidazole rings is 1. The maximum atomic E-state index is 12.8. The fourth-order valence-corrected chi connectivity index (χ4v) is 3.48. The van der Waals surface area contributed by atoms with Crippen LogP contribution in [0.1, 0.15) is 27.3 Å². The Morgan fingerprint density at radius 1 is 1.24 bits per heavy atom. The summed E-state index contributed by atoms with van der Waals surface area (Å²) in [6.45, 7) is 0.664. The van der Waals surface area contributed by atoms with E-state index in [1.165, 1.54) is 23.8 Å². The van der Waals surface area contributed by atoms with Crippen LogP contribution in [0.4, 0.5) is 13.2 Å². The van der Waals surface area contributed by atoms with Crippen LogP contribution < -0.4 is 10.6 Å². The van der Waals surface area contributed by atoms with E-state index < -0.39 is 24.0 Å². The number of halogens is 3. The molecule has 3 aromatic rings. The summed E-state index contributed by atoms with van der Waals surface area (Å²) < 4.78 is 38.3. The number of carbonyl (C=O) groups is 1. The van der Waals surface area contributed by atoms with Crippen molar-refractivity contribution in [2.75, 3.05) is 6.54 Å². The molecule has 0 unspecified atom stereocenters. The molecule has 0 saturated heterocycles. The zero-order valence-corrected chi connectivity index (χ0v) is 15.3. The summed E-state index contributed by atoms with van der Waals surface area (Å²) in [5, 5.41) is 16.3. The van der Waals surface area contributed by atoms with Crippen LogP contribution in [0.25, 0.3) is 11.0 Å². The van der Waals surface area contributed by atoms with Gasteiger partial charge in [0.15, 0.2) is 0 Å². The molecule has 0 bridgehead atoms. The molecule has 1 aromatic heterocycles. The largest absolute Gasteiger partial charge is 0.449 e. The Morgan fingerprint density at radius 3 is 2.76 bits per heavy atom. The second kappa shape index (κ2) is 7.49. The highest BCUT2D eigenvalue weighted by Gasteiger charge is 2.34. The van der Waals surface area contributed by atoms with Gasteiger partial charge < -0.3 is 20.7 Å². The third-order valence-corrected chi connectivity index (χ3v) is 5.06. The minimum absolute atomic E-state index is 0.0213. The number of hydrogen-bond donors (Lipinski definition) is 4. The highest BCUT2D eigenvalue weighted by molar-refractivity contribution is 5.97. The molecule has 1 amide bonds. The SMILES string of the molecule is O=C(NC[C@@H](O)[C@@H]1Cc2ccccc2CN1)c1ccc2nc(C(F)(F)F)[nH]c2c1. The minimum atomic E-state index is -4.59. The third-order valence-electron chi connectivity index (χ3n) is 5.06. The third kappa shape index (κ3) is 4.10. The molecule has 2 aromatic carbocycles. The molecule has 29 heavy (non-hydrogen) atoms. The van der Waals surface area contributed by atoms with Gasteiger partial charge >= 0.3 is 6.18 Å². The van der Waals surface area contributed by atoms with Crippen molar-refractivity contribution >= 4 is 16.9 Å². The monoisotopic (exact) mass is 404 g/mol. The van der Waals surface area contributed by atoms with Gasteiger partial charge in [-0.1, -0.05) is 24.3 Å². The van der Waals surface area contributed by atoms with E-state index in [-0.39, 0.29) is 29.2 Å². The fraction of sp³-hybridized carbons (Fsp3) is 0.300. The lowest BCUT2D eigenvalue weighted by molar-refractivity contribution is -0.144. The van der Waals surface area contributed by atoms with E-state index in [9.17, 15) is 23.1 Å². The Kier molecular flexibility index (Phi) is 5.01. The lowest BCUT2D eigenvalue weighted by atomic mass is 9.93. The number of alkyl halides is 3. The van der Waals surface area contributed by atoms with Gasteiger partial charge in [-0.15, -0.1) is 0 Å². The highest BCUT2D eigenvalue weighted by atomic mass is 19.4. The lowest BCUT2D eigenvalue weighted by Gasteiger charge is -2.30. The van der Waals surface area contributed by atoms with Gasteiger partial charge in [-0.2, -0.15) is 13.2 Å². The maximum absolute atomic E-state index is 12.8. The topological polar surface area (TPSA) is 90.0 Å². The summed E-state index contributed by atoms with van der Waals surface area (Å²) in [6.07, 6.45) is -4.75. The number of nitrogens with one attached hydrogen (secondary N) is 3. The molecule has 0 aliphatic carbocycles. The number of carbonyl (C=O) groups excluding carboxylic acids is 1. The van der Waals surface area contributed by atoms with E-state index >= 15 is 0 Å². The minimum Gasteiger partial charge on any atom is -0.390 e. The number of H-pyrrole nitrogens is 1. The average Bonchev–Trinajstić information content (AvgIpc) is 3.15. The standard InChI is InChI=1S/C20H19F3N4O2/c21-20(22,23)19-26-14-6-5-12(8-15(14)27-19)18(29)25-10-17(28)16-7-11-3-1-2-4-13(11)9-24-16/h1-6,8,16-17,24,28H,7,9-10H2,(H,25,29)(H,26,27)/t16-,17+/m0/s1. The first kappa shape index (κ1) is 19.4. The van der Waals surface area contributed by atoms with E-state index in [0.717, 1.165) is 5.56 Å². The molecule has 0 radical (unpaired) electrons. The molecule has 1 aliphatic rings. The highest BCUT2D eigenvalue weighted by Crippen LogP contribution is 2.28. The van der Waals surface area contributed by atoms with Gasteiger partial charge in [0.25, 0.3) is 5.91 Å². The first-order valence-electron chi connectivity index (χ1n) is 9.14. The second-order valence-electron chi connectivity index (χ2n) is 7.05. The fourth-order valence-electron chi connectivity index (χ4n) is 3.48. The van der Waals surface area contributed by atoms with Crippen molar-refractivity contribution in [1.29, 1.82) is 0 Å². The van der Waals surface area contributed by atoms with Crippen LogP contribution in [-0.2, 0) is 19.1 Å². The van der Waals surface area contributed by atoms with Gasteiger partial charge in [0.1, 0.15) is 0 Å². The van der Waals surface area contributed by atoms with Crippen LogP contribution in [0.2, 0.25) is 0 Å². The van der Waals surface area contributed by atoms with Gasteiger partial charge in [-0.25, -0.2) is 4.98 Å². The summed E-state index contributed by atoms with van der Waals surface area (Å²) in [5.74, 6) is -1.59. The van der Waals surface area contributed by atoms with Crippen molar-refractivity contribution in [2.24, 2.45) is 0 Å². The molecular weight excluding hydrogens is 385 g/mol. The van der Waals surface area contributed by atoms with E-state index in [0.29, 0.717) is 13.0 Å². The van der Waals surface area contributed by atoms with E-state index in [1.807, 2.05) is 24.3 Å². The number of aliphatic hydroxyl groups excluding tert-OH is 1. The number of fused-ring (bicyclic) bond motifs is 2. The lowest BCUT2D eigenvalue weighted by Crippen LogP contribution is -2.49. The molecule has 6 nitrogen and oxygen atoms in total. The van der Waals surface area contributed by atoms with Gasteiger partial charge in [0.2, 0.25) is 5.82 Å². The zero-order valence-electron chi connectivity index (χ0n) is 15.3. The molecule has 0 spiro atoms. The molecular formula is C20H19F3N4O2. The summed E-state index contributed by atoms with van der Waals surface area (Å²) in [6, 6.07) is 11.8. The van der Waals surface area contributed by atoms with Crippen molar-refractivity contribution in [2.45, 2.75) is 31.3 Å². The Bertz CT molecular complexity index is 1050. The van der Waals surface area contributed by atoms with Crippen LogP contribution in [0.3, 0.4) is 0 Å². The number of aliphatic hydroxyl groups is 1. The molecule has 2 atom stereocenters. The molecule has 1 aliphatic heterocycles. The Morgan fingerprint density at radius 2 is 2.00 bits per heavy atom. The number of hydrogen-bond acceptors (Lipinski definition) is 4. The molecule has 152 valence electrons. The van der Waals surface area contributed by atoms with Crippen molar-refractivity contribution in [1.82, 2.24) is 20.6 Å². The number of aromatic nitrogens is 2. The quantitative estimate of drug-likeness (QED) is 0.538. The summed E-state index contributed by atoms with van der Waals surface area (Å²) >= 11 is 0. The smallest absolute Gasteiger partial charge is 0.390 e. The van der Waals surface area contributed by atoms with Crippen LogP contribution in [0, 0.1) is 0 Å². The van der Waals surface area contributed by atoms with Crippen LogP contribution >= 0.6 is 0 Å². The Labute approximate surface area is 164 Å². The van der Waals surface area contributed by atoms with Crippen molar-refractivity contribution in [3.63, 3.8) is 0 Å². The normalized spacial score (nSPS) is 17.7. The number of rotatable bonds is 4. The van der Waals surface area contributed by atoms with E-state index in [4.69, 9.17) is 0 Å². The van der Waals surface area contributed by atoms with E-state index in [2.05, 4.69) is 20.6 Å². The average molecular weight is 404 g/mol. The van der Waals surface area contributed by atoms with Gasteiger partial charge in [0, 0.05) is 24.7 Å². The Balaban J connectivity index is 1.39. The molecule has 4 N–H and O–H groups in total. The van der Waals surface area contributed by atoms with Gasteiger partial charge in [-0.3, -0.25) is 4.79 Å². The number of aromatic amines is 1. The number of nitrogens with zero attached hydrogens (tertiary/aromatic N) is 1. The van der Waals surface area contributed by atoms with Gasteiger partial charge in [-0.05, 0) is 35.7 Å². The van der Waals surface area contributed by atoms with Crippen LogP contribution in [-0.4, -0.2) is 39.7 Å². The first-order valence-corrected chi connectivity index (χ1v) is 9.14. The van der Waals surface area contributed by atoms with Crippen LogP contribution in [0.5, 0.6) is 0 Å². The van der Waals surface area contributed by atoms with Gasteiger partial charge in [0.05, 0.1) is 17.1 Å². The molecule has 0 saturated carbocycles. The van der Waals surface area contributed by atoms with Crippen LogP contribution in [0.15, 0.2) is 42.5 Å².